The minimum Gasteiger partial charge on any atom is -0.376 e. The number of carbonyl (C=O) groups excluding carboxylic acids is 2. The summed E-state index contributed by atoms with van der Waals surface area (Å²) in [7, 11) is 3.39. The Kier molecular flexibility index (Phi) is 5.33. The van der Waals surface area contributed by atoms with E-state index in [1.54, 1.807) is 38.4 Å². The fourth-order valence-electron chi connectivity index (χ4n) is 1.93. The first-order valence-electron chi connectivity index (χ1n) is 6.82. The van der Waals surface area contributed by atoms with Crippen molar-refractivity contribution in [2.24, 2.45) is 0 Å². The van der Waals surface area contributed by atoms with Gasteiger partial charge in [-0.25, -0.2) is 0 Å². The Hall–Kier alpha value is -2.14. The maximum atomic E-state index is 12.6. The van der Waals surface area contributed by atoms with Crippen LogP contribution in [0.4, 0.5) is 5.69 Å². The van der Waals surface area contributed by atoms with Gasteiger partial charge >= 0.3 is 0 Å². The quantitative estimate of drug-likeness (QED) is 0.833. The van der Waals surface area contributed by atoms with Crippen LogP contribution in [0.1, 0.15) is 15.9 Å². The van der Waals surface area contributed by atoms with Crippen LogP contribution in [0, 0.1) is 0 Å². The molecular formula is C17H17BrN2O2. The number of nitrogens with one attached hydrogen (secondary N) is 1. The van der Waals surface area contributed by atoms with Crippen LogP contribution in [0.2, 0.25) is 0 Å². The van der Waals surface area contributed by atoms with Gasteiger partial charge in [0.15, 0.2) is 5.78 Å². The van der Waals surface area contributed by atoms with Crippen LogP contribution in [0.5, 0.6) is 0 Å². The van der Waals surface area contributed by atoms with Crippen molar-refractivity contribution in [2.75, 3.05) is 26.0 Å². The van der Waals surface area contributed by atoms with Crippen molar-refractivity contribution in [3.63, 3.8) is 0 Å². The van der Waals surface area contributed by atoms with Crippen molar-refractivity contribution in [1.29, 1.82) is 0 Å². The second-order valence-electron chi connectivity index (χ2n) is 5.03. The summed E-state index contributed by atoms with van der Waals surface area (Å²) in [6, 6.07) is 14.5. The van der Waals surface area contributed by atoms with E-state index in [0.29, 0.717) is 16.8 Å². The minimum atomic E-state index is -0.0818. The number of rotatable bonds is 5. The Morgan fingerprint density at radius 1 is 1.09 bits per heavy atom. The lowest BCUT2D eigenvalue weighted by Gasteiger charge is -2.14. The van der Waals surface area contributed by atoms with Crippen LogP contribution < -0.4 is 5.32 Å². The molecule has 0 aliphatic heterocycles. The first-order valence-corrected chi connectivity index (χ1v) is 7.61. The Morgan fingerprint density at radius 3 is 2.41 bits per heavy atom. The van der Waals surface area contributed by atoms with E-state index in [1.807, 2.05) is 24.3 Å². The zero-order chi connectivity index (χ0) is 16.1. The molecule has 0 unspecified atom stereocenters. The number of hydrogen-bond acceptors (Lipinski definition) is 3. The van der Waals surface area contributed by atoms with Crippen molar-refractivity contribution in [2.45, 2.75) is 0 Å². The monoisotopic (exact) mass is 360 g/mol. The molecule has 5 heteroatoms. The molecule has 0 saturated carbocycles. The summed E-state index contributed by atoms with van der Waals surface area (Å²) in [6.07, 6.45) is 0. The number of anilines is 1. The lowest BCUT2D eigenvalue weighted by atomic mass is 10.0. The third-order valence-corrected chi connectivity index (χ3v) is 3.68. The molecular weight excluding hydrogens is 344 g/mol. The summed E-state index contributed by atoms with van der Waals surface area (Å²) in [5.74, 6) is -0.136. The maximum absolute atomic E-state index is 12.6. The van der Waals surface area contributed by atoms with Crippen molar-refractivity contribution >= 4 is 33.3 Å². The summed E-state index contributed by atoms with van der Waals surface area (Å²) < 4.78 is 0.816. The number of carbonyl (C=O) groups is 2. The van der Waals surface area contributed by atoms with Gasteiger partial charge in [0, 0.05) is 35.4 Å². The smallest absolute Gasteiger partial charge is 0.241 e. The largest absolute Gasteiger partial charge is 0.376 e. The van der Waals surface area contributed by atoms with Gasteiger partial charge in [0.1, 0.15) is 0 Å². The molecule has 0 saturated heterocycles. The lowest BCUT2D eigenvalue weighted by molar-refractivity contribution is -0.126. The van der Waals surface area contributed by atoms with Gasteiger partial charge in [-0.3, -0.25) is 9.59 Å². The van der Waals surface area contributed by atoms with E-state index in [9.17, 15) is 9.59 Å². The minimum absolute atomic E-state index is 0.0546. The van der Waals surface area contributed by atoms with E-state index in [4.69, 9.17) is 0 Å². The second kappa shape index (κ2) is 7.22. The molecule has 0 spiro atoms. The lowest BCUT2D eigenvalue weighted by Crippen LogP contribution is -2.29. The highest BCUT2D eigenvalue weighted by atomic mass is 79.9. The zero-order valence-electron chi connectivity index (χ0n) is 12.5. The molecule has 2 aromatic rings. The third-order valence-electron chi connectivity index (χ3n) is 3.19. The van der Waals surface area contributed by atoms with Gasteiger partial charge in [0.05, 0.1) is 6.54 Å². The number of amides is 1. The molecule has 0 heterocycles. The standard InChI is InChI=1S/C17H17BrN2O2/c1-20(2)16(21)11-19-15-9-8-13(18)10-14(15)17(22)12-6-4-3-5-7-12/h3-10,19H,11H2,1-2H3. The first kappa shape index (κ1) is 16.2. The zero-order valence-corrected chi connectivity index (χ0v) is 14.1. The normalized spacial score (nSPS) is 10.1. The molecule has 0 aromatic heterocycles. The number of hydrogen-bond donors (Lipinski definition) is 1. The van der Waals surface area contributed by atoms with Crippen LogP contribution >= 0.6 is 15.9 Å². The summed E-state index contributed by atoms with van der Waals surface area (Å²) >= 11 is 3.39. The molecule has 0 aliphatic rings. The number of nitrogens with zero attached hydrogens (tertiary/aromatic N) is 1. The summed E-state index contributed by atoms with van der Waals surface area (Å²) in [6.45, 7) is 0.143. The molecule has 0 bridgehead atoms. The highest BCUT2D eigenvalue weighted by molar-refractivity contribution is 9.10. The van der Waals surface area contributed by atoms with Gasteiger partial charge in [-0.1, -0.05) is 46.3 Å². The fourth-order valence-corrected chi connectivity index (χ4v) is 2.29. The number of likely N-dealkylation sites (N-methyl/N-ethyl adjacent to an activating group) is 1. The van der Waals surface area contributed by atoms with Crippen LogP contribution in [0.25, 0.3) is 0 Å². The molecule has 114 valence electrons. The molecule has 4 nitrogen and oxygen atoms in total. The topological polar surface area (TPSA) is 49.4 Å². The van der Waals surface area contributed by atoms with E-state index < -0.39 is 0 Å². The van der Waals surface area contributed by atoms with Crippen LogP contribution in [0.15, 0.2) is 53.0 Å². The SMILES string of the molecule is CN(C)C(=O)CNc1ccc(Br)cc1C(=O)c1ccccc1. The Bertz CT molecular complexity index is 684. The first-order chi connectivity index (χ1) is 10.5. The van der Waals surface area contributed by atoms with E-state index in [0.717, 1.165) is 4.47 Å². The fraction of sp³-hybridized carbons (Fsp3) is 0.176. The maximum Gasteiger partial charge on any atom is 0.241 e. The Balaban J connectivity index is 2.28. The van der Waals surface area contributed by atoms with Crippen LogP contribution in [-0.2, 0) is 4.79 Å². The van der Waals surface area contributed by atoms with E-state index in [2.05, 4.69) is 21.2 Å². The van der Waals surface area contributed by atoms with E-state index in [1.165, 1.54) is 4.90 Å². The Labute approximate surface area is 138 Å². The van der Waals surface area contributed by atoms with Gasteiger partial charge in [-0.15, -0.1) is 0 Å². The third kappa shape index (κ3) is 3.95. The van der Waals surface area contributed by atoms with Crippen LogP contribution in [-0.4, -0.2) is 37.2 Å². The van der Waals surface area contributed by atoms with Crippen LogP contribution in [0.3, 0.4) is 0 Å². The van der Waals surface area contributed by atoms with Gasteiger partial charge < -0.3 is 10.2 Å². The number of ketones is 1. The molecule has 0 atom stereocenters. The highest BCUT2D eigenvalue weighted by Crippen LogP contribution is 2.24. The van der Waals surface area contributed by atoms with Crippen molar-refractivity contribution in [1.82, 2.24) is 4.90 Å². The number of halogens is 1. The van der Waals surface area contributed by atoms with E-state index >= 15 is 0 Å². The summed E-state index contributed by atoms with van der Waals surface area (Å²) in [5.41, 5.74) is 1.79. The molecule has 2 aromatic carbocycles. The second-order valence-corrected chi connectivity index (χ2v) is 5.94. The van der Waals surface area contributed by atoms with Crippen molar-refractivity contribution in [3.8, 4) is 0 Å². The molecule has 2 rings (SSSR count). The van der Waals surface area contributed by atoms with Gasteiger partial charge in [-0.2, -0.15) is 0 Å². The van der Waals surface area contributed by atoms with Gasteiger partial charge in [0.2, 0.25) is 5.91 Å². The molecule has 22 heavy (non-hydrogen) atoms. The van der Waals surface area contributed by atoms with Crippen molar-refractivity contribution in [3.05, 3.63) is 64.1 Å². The van der Waals surface area contributed by atoms with Gasteiger partial charge in [-0.05, 0) is 18.2 Å². The average Bonchev–Trinajstić information content (AvgIpc) is 2.53. The Morgan fingerprint density at radius 2 is 1.77 bits per heavy atom. The predicted molar refractivity (Wildman–Crippen MR) is 91.2 cm³/mol. The molecule has 1 amide bonds. The van der Waals surface area contributed by atoms with Gasteiger partial charge in [0.25, 0.3) is 0 Å². The number of benzene rings is 2. The molecule has 0 radical (unpaired) electrons. The summed E-state index contributed by atoms with van der Waals surface area (Å²) in [5, 5.41) is 3.04. The molecule has 1 N–H and O–H groups in total. The van der Waals surface area contributed by atoms with Crippen molar-refractivity contribution < 1.29 is 9.59 Å². The molecule has 0 fully saturated rings. The van der Waals surface area contributed by atoms with E-state index in [-0.39, 0.29) is 18.2 Å². The highest BCUT2D eigenvalue weighted by Gasteiger charge is 2.15. The average molecular weight is 361 g/mol. The predicted octanol–water partition coefficient (Wildman–Crippen LogP) is 3.18. The molecule has 0 aliphatic carbocycles. The summed E-state index contributed by atoms with van der Waals surface area (Å²) in [4.78, 5) is 25.8.